The van der Waals surface area contributed by atoms with E-state index in [9.17, 15) is 10.1 Å². The Morgan fingerprint density at radius 2 is 1.48 bits per heavy atom. The lowest BCUT2D eigenvalue weighted by Gasteiger charge is -2.43. The highest BCUT2D eigenvalue weighted by Crippen LogP contribution is 2.53. The Kier molecular flexibility index (Phi) is 20.5. The predicted octanol–water partition coefficient (Wildman–Crippen LogP) is 12.0. The van der Waals surface area contributed by atoms with Gasteiger partial charge in [0.15, 0.2) is 14.5 Å². The molecule has 3 aromatic carbocycles. The van der Waals surface area contributed by atoms with E-state index in [0.29, 0.717) is 54.3 Å². The van der Waals surface area contributed by atoms with Crippen LogP contribution in [0.1, 0.15) is 89.8 Å². The molecule has 6 rings (SSSR count). The van der Waals surface area contributed by atoms with Gasteiger partial charge in [-0.3, -0.25) is 0 Å². The van der Waals surface area contributed by atoms with Crippen LogP contribution in [0.2, 0.25) is 43.8 Å². The van der Waals surface area contributed by atoms with Gasteiger partial charge in [0.1, 0.15) is 53.2 Å². The number of rotatable bonds is 26. The van der Waals surface area contributed by atoms with Crippen LogP contribution in [-0.4, -0.2) is 113 Å². The first-order valence-electron chi connectivity index (χ1n) is 26.1. The summed E-state index contributed by atoms with van der Waals surface area (Å²) in [5.74, 6) is 1.73. The highest BCUT2D eigenvalue weighted by Gasteiger charge is 2.54. The van der Waals surface area contributed by atoms with Crippen LogP contribution in [-0.2, 0) is 39.7 Å². The SMILES string of the molecule is COc1ccc(C(OC[C@H]2O[C@@H](n3cc(CCCNC(=O)OCC[Si](C)(C)C)c4c(N)ncnc43)[C@H](OP(OCCC#N)N(C(C)C)C(C)C)[C@@H]2O[Si](C)(C)C(C)(C)C)(c2ccccc2)c2ccc(OC)cc2)cc1. The summed E-state index contributed by atoms with van der Waals surface area (Å²) in [5, 5.41) is 13.1. The average molecular weight is 1080 g/mol. The zero-order chi connectivity index (χ0) is 54.7. The number of aromatic nitrogens is 3. The minimum Gasteiger partial charge on any atom is -0.497 e. The second-order valence-electron chi connectivity index (χ2n) is 22.3. The van der Waals surface area contributed by atoms with Gasteiger partial charge in [-0.05, 0) is 111 Å². The van der Waals surface area contributed by atoms with Crippen LogP contribution in [0.5, 0.6) is 11.5 Å². The van der Waals surface area contributed by atoms with Crippen LogP contribution >= 0.6 is 8.53 Å². The van der Waals surface area contributed by atoms with Crippen molar-refractivity contribution >= 4 is 47.9 Å². The molecule has 1 unspecified atom stereocenters. The molecule has 5 atom stereocenters. The molecular formula is C56H82N7O9PSi2. The second kappa shape index (κ2) is 25.9. The molecule has 16 nitrogen and oxygen atoms in total. The number of benzene rings is 3. The number of hydrogen-bond donors (Lipinski definition) is 2. The number of fused-ring (bicyclic) bond motifs is 1. The number of carbonyl (C=O) groups is 1. The Morgan fingerprint density at radius 1 is 0.880 bits per heavy atom. The maximum atomic E-state index is 12.7. The molecule has 1 aliphatic rings. The topological polar surface area (TPSA) is 187 Å². The summed E-state index contributed by atoms with van der Waals surface area (Å²) in [6.45, 7) is 27.3. The molecule has 19 heteroatoms. The molecule has 75 heavy (non-hydrogen) atoms. The zero-order valence-corrected chi connectivity index (χ0v) is 49.6. The number of ether oxygens (including phenoxy) is 5. The second-order valence-corrected chi connectivity index (χ2v) is 34.1. The van der Waals surface area contributed by atoms with Gasteiger partial charge in [-0.2, -0.15) is 5.26 Å². The Hall–Kier alpha value is -4.94. The summed E-state index contributed by atoms with van der Waals surface area (Å²) in [6.07, 6.45) is 1.20. The predicted molar refractivity (Wildman–Crippen MR) is 302 cm³/mol. The third kappa shape index (κ3) is 14.6. The Balaban J connectivity index is 1.51. The number of alkyl carbamates (subject to hydrolysis) is 1. The third-order valence-corrected chi connectivity index (χ3v) is 22.3. The summed E-state index contributed by atoms with van der Waals surface area (Å²) in [6, 6.07) is 29.2. The van der Waals surface area contributed by atoms with Crippen LogP contribution in [0.3, 0.4) is 0 Å². The van der Waals surface area contributed by atoms with Gasteiger partial charge in [-0.1, -0.05) is 95.0 Å². The molecule has 3 heterocycles. The van der Waals surface area contributed by atoms with Gasteiger partial charge in [0.25, 0.3) is 8.53 Å². The number of methoxy groups -OCH3 is 2. The van der Waals surface area contributed by atoms with Crippen LogP contribution in [0.15, 0.2) is 91.4 Å². The van der Waals surface area contributed by atoms with Crippen molar-refractivity contribution in [2.45, 2.75) is 154 Å². The van der Waals surface area contributed by atoms with E-state index in [-0.39, 0.29) is 36.8 Å². The number of amides is 1. The van der Waals surface area contributed by atoms with Crippen molar-refractivity contribution in [1.82, 2.24) is 24.5 Å². The molecule has 3 N–H and O–H groups in total. The van der Waals surface area contributed by atoms with Crippen LogP contribution < -0.4 is 20.5 Å². The van der Waals surface area contributed by atoms with Gasteiger partial charge in [-0.25, -0.2) is 19.4 Å². The monoisotopic (exact) mass is 1080 g/mol. The zero-order valence-electron chi connectivity index (χ0n) is 46.7. The summed E-state index contributed by atoms with van der Waals surface area (Å²) in [7, 11) is -2.55. The quantitative estimate of drug-likeness (QED) is 0.0230. The fourth-order valence-electron chi connectivity index (χ4n) is 9.06. The van der Waals surface area contributed by atoms with Gasteiger partial charge in [-0.15, -0.1) is 0 Å². The van der Waals surface area contributed by atoms with E-state index in [4.69, 9.17) is 47.9 Å². The smallest absolute Gasteiger partial charge is 0.407 e. The summed E-state index contributed by atoms with van der Waals surface area (Å²) >= 11 is 0. The van der Waals surface area contributed by atoms with Crippen molar-refractivity contribution in [2.24, 2.45) is 0 Å². The van der Waals surface area contributed by atoms with Gasteiger partial charge in [0.05, 0.1) is 51.9 Å². The Labute approximate surface area is 449 Å². The number of nitrogens with zero attached hydrogens (tertiary/aromatic N) is 5. The standard InChI is InChI=1S/C56H82N7O9PSi2/c1-39(2)63(40(3)4)73(69-33-19-31-57)71-50-49(72-75(13,14)55(5,6)7)47(37-68-56(42-21-16-15-17-22-42,43-23-27-45(65-8)28-24-43)44-25-29-46(66-9)30-26-44)70-53(50)62-36-41(48-51(58)60-38-61-52(48)62)20-18-32-59-54(64)67-34-35-74(10,11)12/h15-17,21-30,36,38-40,47,49-50,53H,18-20,32-35,37H2,1-14H3,(H,59,64)(H2,58,60,61)/t47-,49-,50-,53-,73?/m1/s1. The lowest BCUT2D eigenvalue weighted by atomic mass is 9.80. The minimum absolute atomic E-state index is 0.0103. The van der Waals surface area contributed by atoms with Crippen LogP contribution in [0.4, 0.5) is 10.6 Å². The van der Waals surface area contributed by atoms with E-state index in [0.717, 1.165) is 28.3 Å². The summed E-state index contributed by atoms with van der Waals surface area (Å²) < 4.78 is 58.0. The van der Waals surface area contributed by atoms with E-state index < -0.39 is 61.2 Å². The van der Waals surface area contributed by atoms with Gasteiger partial charge < -0.3 is 52.8 Å². The number of nitriles is 1. The molecule has 1 aliphatic heterocycles. The normalized spacial score (nSPS) is 17.9. The first kappa shape index (κ1) is 59.3. The van der Waals surface area contributed by atoms with Crippen molar-refractivity contribution in [3.05, 3.63) is 114 Å². The largest absolute Gasteiger partial charge is 0.497 e. The molecule has 0 radical (unpaired) electrons. The molecule has 1 saturated heterocycles. The Morgan fingerprint density at radius 3 is 2.03 bits per heavy atom. The van der Waals surface area contributed by atoms with Crippen LogP contribution in [0.25, 0.3) is 11.0 Å². The maximum Gasteiger partial charge on any atom is 0.407 e. The Bertz CT molecular complexity index is 2580. The summed E-state index contributed by atoms with van der Waals surface area (Å²) in [4.78, 5) is 22.0. The maximum absolute atomic E-state index is 12.7. The molecule has 408 valence electrons. The van der Waals surface area contributed by atoms with E-state index in [1.165, 1.54) is 6.33 Å². The van der Waals surface area contributed by atoms with E-state index in [1.807, 2.05) is 77.5 Å². The van der Waals surface area contributed by atoms with Crippen molar-refractivity contribution in [2.75, 3.05) is 46.3 Å². The summed E-state index contributed by atoms with van der Waals surface area (Å²) in [5.41, 5.74) is 9.63. The van der Waals surface area contributed by atoms with Crippen molar-refractivity contribution in [1.29, 1.82) is 5.26 Å². The molecular weight excluding hydrogens is 1000 g/mol. The van der Waals surface area contributed by atoms with Crippen molar-refractivity contribution in [3.63, 3.8) is 0 Å². The highest BCUT2D eigenvalue weighted by atomic mass is 31.2. The van der Waals surface area contributed by atoms with E-state index in [1.54, 1.807) is 14.2 Å². The number of nitrogen functional groups attached to an aromatic ring is 1. The third-order valence-electron chi connectivity index (χ3n) is 14.0. The molecule has 0 bridgehead atoms. The minimum atomic E-state index is -2.66. The van der Waals surface area contributed by atoms with Crippen molar-refractivity contribution in [3.8, 4) is 17.6 Å². The van der Waals surface area contributed by atoms with E-state index >= 15 is 0 Å². The fraction of sp³-hybridized carbons (Fsp3) is 0.536. The van der Waals surface area contributed by atoms with Gasteiger partial charge >= 0.3 is 6.09 Å². The number of anilines is 1. The molecule has 0 spiro atoms. The number of nitrogens with two attached hydrogens (primary N) is 1. The number of carbonyl (C=O) groups excluding carboxylic acids is 1. The fourth-order valence-corrected chi connectivity index (χ4v) is 12.8. The number of nitrogens with one attached hydrogen (secondary N) is 1. The van der Waals surface area contributed by atoms with Gasteiger partial charge in [0.2, 0.25) is 0 Å². The first-order chi connectivity index (χ1) is 35.5. The van der Waals surface area contributed by atoms with Crippen LogP contribution in [0, 0.1) is 11.3 Å². The first-order valence-corrected chi connectivity index (χ1v) is 33.9. The lowest BCUT2D eigenvalue weighted by Crippen LogP contribution is -2.51. The highest BCUT2D eigenvalue weighted by molar-refractivity contribution is 7.44. The molecule has 0 saturated carbocycles. The molecule has 0 aliphatic carbocycles. The van der Waals surface area contributed by atoms with Gasteiger partial charge in [0, 0.05) is 32.9 Å². The molecule has 2 aromatic heterocycles. The van der Waals surface area contributed by atoms with Crippen molar-refractivity contribution < 1.29 is 42.0 Å². The lowest BCUT2D eigenvalue weighted by molar-refractivity contribution is -0.0927. The number of aryl methyl sites for hydroxylation is 1. The molecule has 1 fully saturated rings. The molecule has 5 aromatic rings. The average Bonchev–Trinajstić information content (AvgIpc) is 3.90. The number of hydrogen-bond acceptors (Lipinski definition) is 14. The van der Waals surface area contributed by atoms with E-state index in [2.05, 4.69) is 114 Å². The molecule has 1 amide bonds.